The third-order valence-corrected chi connectivity index (χ3v) is 3.87. The van der Waals surface area contributed by atoms with Gasteiger partial charge in [0.15, 0.2) is 6.10 Å². The molecule has 130 valence electrons. The Kier molecular flexibility index (Phi) is 6.52. The number of amides is 1. The minimum Gasteiger partial charge on any atom is -0.449 e. The molecule has 0 spiro atoms. The zero-order valence-electron chi connectivity index (χ0n) is 14.8. The van der Waals surface area contributed by atoms with Crippen molar-refractivity contribution in [3.8, 4) is 0 Å². The summed E-state index contributed by atoms with van der Waals surface area (Å²) in [5.74, 6) is -0.765. The summed E-state index contributed by atoms with van der Waals surface area (Å²) in [5.41, 5.74) is 3.04. The summed E-state index contributed by atoms with van der Waals surface area (Å²) >= 11 is 0. The minimum absolute atomic E-state index is 0.235. The van der Waals surface area contributed by atoms with Crippen LogP contribution in [-0.2, 0) is 20.9 Å². The topological polar surface area (TPSA) is 46.6 Å². The molecular formula is C21H23NO3. The van der Waals surface area contributed by atoms with Crippen molar-refractivity contribution in [2.75, 3.05) is 7.05 Å². The van der Waals surface area contributed by atoms with Crippen LogP contribution in [0.15, 0.2) is 60.7 Å². The third kappa shape index (κ3) is 5.60. The summed E-state index contributed by atoms with van der Waals surface area (Å²) < 4.78 is 5.22. The lowest BCUT2D eigenvalue weighted by Crippen LogP contribution is -2.36. The number of hydrogen-bond acceptors (Lipinski definition) is 3. The fourth-order valence-electron chi connectivity index (χ4n) is 2.44. The highest BCUT2D eigenvalue weighted by molar-refractivity contribution is 5.90. The standard InChI is InChI=1S/C21H23NO3/c1-16-9-7-8-12-19(16)13-14-20(23)25-17(2)21(24)22(3)15-18-10-5-4-6-11-18/h4-14,17H,15H2,1-3H3/b14-13+/t17-/m1/s1. The maximum absolute atomic E-state index is 12.3. The fraction of sp³-hybridized carbons (Fsp3) is 0.238. The van der Waals surface area contributed by atoms with E-state index in [9.17, 15) is 9.59 Å². The predicted octanol–water partition coefficient (Wildman–Crippen LogP) is 3.60. The number of aryl methyl sites for hydroxylation is 1. The lowest BCUT2D eigenvalue weighted by molar-refractivity contribution is -0.154. The minimum atomic E-state index is -0.831. The van der Waals surface area contributed by atoms with E-state index >= 15 is 0 Å². The van der Waals surface area contributed by atoms with Crippen LogP contribution in [-0.4, -0.2) is 29.9 Å². The summed E-state index contributed by atoms with van der Waals surface area (Å²) in [7, 11) is 1.70. The first-order valence-corrected chi connectivity index (χ1v) is 8.20. The van der Waals surface area contributed by atoms with Crippen LogP contribution in [0.2, 0.25) is 0 Å². The average molecular weight is 337 g/mol. The summed E-state index contributed by atoms with van der Waals surface area (Å²) in [6.07, 6.45) is 2.22. The van der Waals surface area contributed by atoms with Gasteiger partial charge in [0.05, 0.1) is 0 Å². The molecule has 0 aliphatic carbocycles. The molecule has 0 aliphatic heterocycles. The smallest absolute Gasteiger partial charge is 0.331 e. The second-order valence-corrected chi connectivity index (χ2v) is 5.95. The van der Waals surface area contributed by atoms with Crippen LogP contribution in [0.1, 0.15) is 23.6 Å². The number of benzene rings is 2. The van der Waals surface area contributed by atoms with Gasteiger partial charge in [0.25, 0.3) is 5.91 Å². The molecule has 0 radical (unpaired) electrons. The first-order valence-electron chi connectivity index (χ1n) is 8.20. The Morgan fingerprint density at radius 1 is 1.08 bits per heavy atom. The van der Waals surface area contributed by atoms with Crippen molar-refractivity contribution >= 4 is 18.0 Å². The molecule has 0 saturated heterocycles. The molecule has 0 heterocycles. The molecule has 0 fully saturated rings. The molecule has 0 aromatic heterocycles. The second kappa shape index (κ2) is 8.83. The lowest BCUT2D eigenvalue weighted by Gasteiger charge is -2.21. The molecule has 25 heavy (non-hydrogen) atoms. The number of ether oxygens (including phenoxy) is 1. The van der Waals surface area contributed by atoms with Crippen LogP contribution in [0.5, 0.6) is 0 Å². The summed E-state index contributed by atoms with van der Waals surface area (Å²) in [5, 5.41) is 0. The van der Waals surface area contributed by atoms with Gasteiger partial charge in [0, 0.05) is 19.7 Å². The van der Waals surface area contributed by atoms with Crippen LogP contribution in [0.4, 0.5) is 0 Å². The zero-order chi connectivity index (χ0) is 18.2. The number of rotatable bonds is 6. The second-order valence-electron chi connectivity index (χ2n) is 5.95. The van der Waals surface area contributed by atoms with E-state index in [0.717, 1.165) is 16.7 Å². The van der Waals surface area contributed by atoms with Gasteiger partial charge in [-0.25, -0.2) is 4.79 Å². The van der Waals surface area contributed by atoms with Crippen molar-refractivity contribution in [1.82, 2.24) is 4.90 Å². The van der Waals surface area contributed by atoms with E-state index in [4.69, 9.17) is 4.74 Å². The first-order chi connectivity index (χ1) is 12.0. The lowest BCUT2D eigenvalue weighted by atomic mass is 10.1. The van der Waals surface area contributed by atoms with E-state index < -0.39 is 12.1 Å². The van der Waals surface area contributed by atoms with Gasteiger partial charge in [-0.3, -0.25) is 4.79 Å². The number of likely N-dealkylation sites (N-methyl/N-ethyl adjacent to an activating group) is 1. The molecule has 1 amide bonds. The zero-order valence-corrected chi connectivity index (χ0v) is 14.8. The van der Waals surface area contributed by atoms with Gasteiger partial charge >= 0.3 is 5.97 Å². The number of carbonyl (C=O) groups is 2. The molecule has 0 bridgehead atoms. The summed E-state index contributed by atoms with van der Waals surface area (Å²) in [6, 6.07) is 17.4. The SMILES string of the molecule is Cc1ccccc1/C=C/C(=O)O[C@H](C)C(=O)N(C)Cc1ccccc1. The quantitative estimate of drug-likeness (QED) is 0.598. The van der Waals surface area contributed by atoms with E-state index in [1.807, 2.05) is 61.5 Å². The summed E-state index contributed by atoms with van der Waals surface area (Å²) in [4.78, 5) is 25.8. The van der Waals surface area contributed by atoms with Crippen molar-refractivity contribution in [1.29, 1.82) is 0 Å². The first kappa shape index (κ1) is 18.5. The van der Waals surface area contributed by atoms with E-state index in [-0.39, 0.29) is 5.91 Å². The van der Waals surface area contributed by atoms with Crippen molar-refractivity contribution < 1.29 is 14.3 Å². The third-order valence-electron chi connectivity index (χ3n) is 3.87. The number of esters is 1. The monoisotopic (exact) mass is 337 g/mol. The summed E-state index contributed by atoms with van der Waals surface area (Å²) in [6.45, 7) is 4.03. The van der Waals surface area contributed by atoms with Crippen LogP contribution < -0.4 is 0 Å². The van der Waals surface area contributed by atoms with Crippen LogP contribution in [0.3, 0.4) is 0 Å². The Morgan fingerprint density at radius 2 is 1.72 bits per heavy atom. The Morgan fingerprint density at radius 3 is 2.40 bits per heavy atom. The van der Waals surface area contributed by atoms with E-state index in [0.29, 0.717) is 6.54 Å². The number of carbonyl (C=O) groups excluding carboxylic acids is 2. The Hall–Kier alpha value is -2.88. The van der Waals surface area contributed by atoms with E-state index in [1.165, 1.54) is 6.08 Å². The number of hydrogen-bond donors (Lipinski definition) is 0. The highest BCUT2D eigenvalue weighted by atomic mass is 16.5. The highest BCUT2D eigenvalue weighted by Gasteiger charge is 2.20. The molecule has 0 unspecified atom stereocenters. The van der Waals surface area contributed by atoms with E-state index in [1.54, 1.807) is 24.9 Å². The molecular weight excluding hydrogens is 314 g/mol. The number of nitrogens with zero attached hydrogens (tertiary/aromatic N) is 1. The van der Waals surface area contributed by atoms with Gasteiger partial charge in [0.2, 0.25) is 0 Å². The van der Waals surface area contributed by atoms with Crippen molar-refractivity contribution in [3.05, 3.63) is 77.4 Å². The normalized spacial score (nSPS) is 12.0. The molecule has 2 aromatic carbocycles. The Balaban J connectivity index is 1.89. The predicted molar refractivity (Wildman–Crippen MR) is 98.7 cm³/mol. The molecule has 4 nitrogen and oxygen atoms in total. The van der Waals surface area contributed by atoms with Gasteiger partial charge in [0.1, 0.15) is 0 Å². The van der Waals surface area contributed by atoms with Crippen LogP contribution in [0.25, 0.3) is 6.08 Å². The van der Waals surface area contributed by atoms with Crippen molar-refractivity contribution in [2.45, 2.75) is 26.5 Å². The van der Waals surface area contributed by atoms with Crippen LogP contribution >= 0.6 is 0 Å². The van der Waals surface area contributed by atoms with Gasteiger partial charge in [-0.15, -0.1) is 0 Å². The van der Waals surface area contributed by atoms with Crippen LogP contribution in [0, 0.1) is 6.92 Å². The maximum Gasteiger partial charge on any atom is 0.331 e. The molecule has 0 N–H and O–H groups in total. The molecule has 0 saturated carbocycles. The Labute approximate surface area is 148 Å². The largest absolute Gasteiger partial charge is 0.449 e. The molecule has 4 heteroatoms. The van der Waals surface area contributed by atoms with E-state index in [2.05, 4.69) is 0 Å². The van der Waals surface area contributed by atoms with Crippen molar-refractivity contribution in [2.24, 2.45) is 0 Å². The molecule has 2 aromatic rings. The maximum atomic E-state index is 12.3. The Bertz CT molecular complexity index is 753. The average Bonchev–Trinajstić information content (AvgIpc) is 2.61. The van der Waals surface area contributed by atoms with Gasteiger partial charge in [-0.05, 0) is 36.6 Å². The molecule has 2 rings (SSSR count). The van der Waals surface area contributed by atoms with Gasteiger partial charge in [-0.2, -0.15) is 0 Å². The highest BCUT2D eigenvalue weighted by Crippen LogP contribution is 2.10. The van der Waals surface area contributed by atoms with Gasteiger partial charge < -0.3 is 9.64 Å². The molecule has 0 aliphatic rings. The fourth-order valence-corrected chi connectivity index (χ4v) is 2.44. The molecule has 1 atom stereocenters. The van der Waals surface area contributed by atoms with Crippen molar-refractivity contribution in [3.63, 3.8) is 0 Å². The van der Waals surface area contributed by atoms with Gasteiger partial charge in [-0.1, -0.05) is 54.6 Å².